The van der Waals surface area contributed by atoms with E-state index in [9.17, 15) is 4.79 Å². The number of nitrogens with one attached hydrogen (secondary N) is 3. The average Bonchev–Trinajstić information content (AvgIpc) is 2.66. The van der Waals surface area contributed by atoms with Crippen LogP contribution in [0.5, 0.6) is 0 Å². The Bertz CT molecular complexity index is 606. The Labute approximate surface area is 181 Å². The number of halogens is 1. The van der Waals surface area contributed by atoms with Crippen molar-refractivity contribution >= 4 is 35.8 Å². The number of rotatable bonds is 7. The Balaban J connectivity index is 0.00000364. The van der Waals surface area contributed by atoms with E-state index in [1.165, 1.54) is 25.7 Å². The van der Waals surface area contributed by atoms with E-state index >= 15 is 0 Å². The van der Waals surface area contributed by atoms with Crippen LogP contribution in [0.2, 0.25) is 0 Å². The maximum atomic E-state index is 11.7. The first-order valence-corrected chi connectivity index (χ1v) is 9.97. The number of benzene rings is 1. The summed E-state index contributed by atoms with van der Waals surface area (Å²) in [6, 6.07) is 7.78. The zero-order chi connectivity index (χ0) is 18.8. The molecule has 5 nitrogen and oxygen atoms in total. The molecule has 27 heavy (non-hydrogen) atoms. The third-order valence-electron chi connectivity index (χ3n) is 5.24. The SMILES string of the molecule is CCNC(=NCC1CCCCC1C)NCCc1cccc(C(=O)NC)c1.I. The number of aliphatic imine (C=N–C) groups is 1. The van der Waals surface area contributed by atoms with Gasteiger partial charge in [0.1, 0.15) is 0 Å². The van der Waals surface area contributed by atoms with Crippen LogP contribution in [0.1, 0.15) is 55.5 Å². The van der Waals surface area contributed by atoms with Crippen molar-refractivity contribution < 1.29 is 4.79 Å². The molecule has 0 heterocycles. The highest BCUT2D eigenvalue weighted by Gasteiger charge is 2.20. The molecule has 1 saturated carbocycles. The second-order valence-corrected chi connectivity index (χ2v) is 7.20. The predicted molar refractivity (Wildman–Crippen MR) is 124 cm³/mol. The lowest BCUT2D eigenvalue weighted by Gasteiger charge is -2.27. The fourth-order valence-corrected chi connectivity index (χ4v) is 3.55. The molecular weight excluding hydrogens is 451 g/mol. The van der Waals surface area contributed by atoms with Gasteiger partial charge in [0.05, 0.1) is 0 Å². The number of carbonyl (C=O) groups excluding carboxylic acids is 1. The Morgan fingerprint density at radius 3 is 2.70 bits per heavy atom. The predicted octanol–water partition coefficient (Wildman–Crippen LogP) is 3.59. The summed E-state index contributed by atoms with van der Waals surface area (Å²) in [6.07, 6.45) is 6.21. The topological polar surface area (TPSA) is 65.5 Å². The monoisotopic (exact) mass is 486 g/mol. The normalized spacial score (nSPS) is 19.7. The molecule has 0 radical (unpaired) electrons. The van der Waals surface area contributed by atoms with Crippen LogP contribution in [0.15, 0.2) is 29.3 Å². The fourth-order valence-electron chi connectivity index (χ4n) is 3.55. The van der Waals surface area contributed by atoms with E-state index in [0.29, 0.717) is 11.5 Å². The number of hydrogen-bond acceptors (Lipinski definition) is 2. The second kappa shape index (κ2) is 13.0. The Kier molecular flexibility index (Phi) is 11.4. The largest absolute Gasteiger partial charge is 0.357 e. The van der Waals surface area contributed by atoms with Crippen molar-refractivity contribution in [3.05, 3.63) is 35.4 Å². The number of carbonyl (C=O) groups is 1. The highest BCUT2D eigenvalue weighted by Crippen LogP contribution is 2.29. The molecular formula is C21H35IN4O. The van der Waals surface area contributed by atoms with Crippen molar-refractivity contribution in [2.75, 3.05) is 26.7 Å². The summed E-state index contributed by atoms with van der Waals surface area (Å²) in [7, 11) is 1.66. The van der Waals surface area contributed by atoms with Gasteiger partial charge in [0.25, 0.3) is 5.91 Å². The van der Waals surface area contributed by atoms with E-state index < -0.39 is 0 Å². The fraction of sp³-hybridized carbons (Fsp3) is 0.619. The lowest BCUT2D eigenvalue weighted by Crippen LogP contribution is -2.39. The summed E-state index contributed by atoms with van der Waals surface area (Å²) < 4.78 is 0. The van der Waals surface area contributed by atoms with E-state index in [-0.39, 0.29) is 29.9 Å². The van der Waals surface area contributed by atoms with Gasteiger partial charge in [-0.2, -0.15) is 0 Å². The minimum atomic E-state index is -0.0451. The highest BCUT2D eigenvalue weighted by atomic mass is 127. The van der Waals surface area contributed by atoms with Crippen LogP contribution < -0.4 is 16.0 Å². The number of amides is 1. The van der Waals surface area contributed by atoms with Crippen LogP contribution in [0.3, 0.4) is 0 Å². The molecule has 1 aliphatic rings. The lowest BCUT2D eigenvalue weighted by atomic mass is 9.80. The molecule has 152 valence electrons. The molecule has 1 aromatic carbocycles. The van der Waals surface area contributed by atoms with E-state index in [1.807, 2.05) is 18.2 Å². The quantitative estimate of drug-likeness (QED) is 0.314. The molecule has 0 spiro atoms. The smallest absolute Gasteiger partial charge is 0.251 e. The third-order valence-corrected chi connectivity index (χ3v) is 5.24. The first-order valence-electron chi connectivity index (χ1n) is 9.97. The van der Waals surface area contributed by atoms with Crippen LogP contribution in [-0.2, 0) is 6.42 Å². The molecule has 0 saturated heterocycles. The van der Waals surface area contributed by atoms with Gasteiger partial charge in [0.15, 0.2) is 5.96 Å². The minimum absolute atomic E-state index is 0. The van der Waals surface area contributed by atoms with Crippen molar-refractivity contribution in [3.8, 4) is 0 Å². The van der Waals surface area contributed by atoms with Gasteiger partial charge in [0.2, 0.25) is 0 Å². The average molecular weight is 486 g/mol. The molecule has 0 aliphatic heterocycles. The summed E-state index contributed by atoms with van der Waals surface area (Å²) >= 11 is 0. The second-order valence-electron chi connectivity index (χ2n) is 7.20. The van der Waals surface area contributed by atoms with Crippen LogP contribution in [0.4, 0.5) is 0 Å². The van der Waals surface area contributed by atoms with E-state index in [1.54, 1.807) is 7.05 Å². The molecule has 1 fully saturated rings. The molecule has 3 N–H and O–H groups in total. The maximum Gasteiger partial charge on any atom is 0.251 e. The Hall–Kier alpha value is -1.31. The van der Waals surface area contributed by atoms with Gasteiger partial charge in [-0.05, 0) is 49.3 Å². The van der Waals surface area contributed by atoms with Gasteiger partial charge in [-0.25, -0.2) is 0 Å². The molecule has 0 bridgehead atoms. The van der Waals surface area contributed by atoms with Crippen molar-refractivity contribution in [1.29, 1.82) is 0 Å². The minimum Gasteiger partial charge on any atom is -0.357 e. The van der Waals surface area contributed by atoms with Crippen molar-refractivity contribution in [1.82, 2.24) is 16.0 Å². The first-order chi connectivity index (χ1) is 12.6. The molecule has 2 unspecified atom stereocenters. The van der Waals surface area contributed by atoms with Gasteiger partial charge < -0.3 is 16.0 Å². The van der Waals surface area contributed by atoms with Crippen LogP contribution >= 0.6 is 24.0 Å². The standard InChI is InChI=1S/C21H34N4O.HI/c1-4-23-21(25-15-19-10-6-5-8-16(19)2)24-13-12-17-9-7-11-18(14-17)20(26)22-3;/h7,9,11,14,16,19H,4-6,8,10,12-13,15H2,1-3H3,(H,22,26)(H2,23,24,25);1H. The zero-order valence-electron chi connectivity index (χ0n) is 16.9. The van der Waals surface area contributed by atoms with Crippen molar-refractivity contribution in [3.63, 3.8) is 0 Å². The van der Waals surface area contributed by atoms with Crippen LogP contribution in [0, 0.1) is 11.8 Å². The molecule has 1 amide bonds. The third kappa shape index (κ3) is 8.07. The lowest BCUT2D eigenvalue weighted by molar-refractivity contribution is 0.0963. The molecule has 1 aromatic rings. The van der Waals surface area contributed by atoms with Crippen LogP contribution in [-0.4, -0.2) is 38.5 Å². The molecule has 2 rings (SSSR count). The van der Waals surface area contributed by atoms with Gasteiger partial charge in [0, 0.05) is 32.2 Å². The van der Waals surface area contributed by atoms with E-state index in [2.05, 4.69) is 35.9 Å². The molecule has 6 heteroatoms. The molecule has 0 aromatic heterocycles. The summed E-state index contributed by atoms with van der Waals surface area (Å²) in [5.74, 6) is 2.34. The van der Waals surface area contributed by atoms with E-state index in [4.69, 9.17) is 4.99 Å². The van der Waals surface area contributed by atoms with Crippen molar-refractivity contribution in [2.24, 2.45) is 16.8 Å². The number of guanidine groups is 1. The zero-order valence-corrected chi connectivity index (χ0v) is 19.2. The first kappa shape index (κ1) is 23.7. The van der Waals surface area contributed by atoms with Crippen LogP contribution in [0.25, 0.3) is 0 Å². The Morgan fingerprint density at radius 1 is 1.22 bits per heavy atom. The van der Waals surface area contributed by atoms with Gasteiger partial charge >= 0.3 is 0 Å². The maximum absolute atomic E-state index is 11.7. The van der Waals surface area contributed by atoms with E-state index in [0.717, 1.165) is 43.5 Å². The molecule has 1 aliphatic carbocycles. The summed E-state index contributed by atoms with van der Waals surface area (Å²) in [4.78, 5) is 16.5. The number of hydrogen-bond donors (Lipinski definition) is 3. The summed E-state index contributed by atoms with van der Waals surface area (Å²) in [5, 5.41) is 9.43. The van der Waals surface area contributed by atoms with Gasteiger partial charge in [-0.3, -0.25) is 9.79 Å². The highest BCUT2D eigenvalue weighted by molar-refractivity contribution is 14.0. The summed E-state index contributed by atoms with van der Waals surface area (Å²) in [6.45, 7) is 7.01. The molecule has 2 atom stereocenters. The number of nitrogens with zero attached hydrogens (tertiary/aromatic N) is 1. The van der Waals surface area contributed by atoms with Crippen molar-refractivity contribution in [2.45, 2.75) is 46.0 Å². The summed E-state index contributed by atoms with van der Waals surface area (Å²) in [5.41, 5.74) is 1.85. The van der Waals surface area contributed by atoms with Gasteiger partial charge in [-0.15, -0.1) is 24.0 Å². The van der Waals surface area contributed by atoms with Gasteiger partial charge in [-0.1, -0.05) is 38.3 Å². The Morgan fingerprint density at radius 2 is 2.00 bits per heavy atom.